The number of Topliss-reactive ketones (excluding diaryl/α,β-unsaturated/α-hetero) is 1. The number of amides is 1. The van der Waals surface area contributed by atoms with Gasteiger partial charge in [-0.25, -0.2) is 9.59 Å². The van der Waals surface area contributed by atoms with Crippen molar-refractivity contribution < 1.29 is 24.6 Å². The topological polar surface area (TPSA) is 94.9 Å². The van der Waals surface area contributed by atoms with Crippen LogP contribution in [0, 0.1) is 0 Å². The predicted molar refractivity (Wildman–Crippen MR) is 59.5 cm³/mol. The second-order valence-corrected chi connectivity index (χ2v) is 3.39. The summed E-state index contributed by atoms with van der Waals surface area (Å²) in [7, 11) is 0. The van der Waals surface area contributed by atoms with Crippen LogP contribution in [-0.4, -0.2) is 34.6 Å². The van der Waals surface area contributed by atoms with Gasteiger partial charge in [0.15, 0.2) is 0 Å². The summed E-state index contributed by atoms with van der Waals surface area (Å²) in [6.07, 6.45) is -1.37. The highest BCUT2D eigenvalue weighted by atomic mass is 16.4. The maximum absolute atomic E-state index is 11.0. The lowest BCUT2D eigenvalue weighted by Crippen LogP contribution is -2.34. The van der Waals surface area contributed by atoms with E-state index in [1.807, 2.05) is 0 Å². The minimum atomic E-state index is -1.37. The highest BCUT2D eigenvalue weighted by Crippen LogP contribution is 2.20. The molecular formula is C11H11NO5. The summed E-state index contributed by atoms with van der Waals surface area (Å²) in [5, 5.41) is 17.9. The van der Waals surface area contributed by atoms with Crippen LogP contribution in [0.2, 0.25) is 0 Å². The standard InChI is InChI=1S/C11H11NO5/c1-7(13)6-12(11(16)17)9-5-3-2-4-8(9)10(14)15/h2-5H,6H2,1H3,(H,14,15)(H,16,17). The van der Waals surface area contributed by atoms with Crippen molar-refractivity contribution in [1.29, 1.82) is 0 Å². The second-order valence-electron chi connectivity index (χ2n) is 3.39. The van der Waals surface area contributed by atoms with Crippen LogP contribution in [0.1, 0.15) is 17.3 Å². The van der Waals surface area contributed by atoms with Crippen molar-refractivity contribution in [2.24, 2.45) is 0 Å². The quantitative estimate of drug-likeness (QED) is 0.826. The number of hydrogen-bond acceptors (Lipinski definition) is 3. The number of carbonyl (C=O) groups excluding carboxylic acids is 1. The molecule has 0 aliphatic rings. The number of aromatic carboxylic acids is 1. The number of benzene rings is 1. The van der Waals surface area contributed by atoms with Crippen molar-refractivity contribution in [2.75, 3.05) is 11.4 Å². The van der Waals surface area contributed by atoms with Crippen LogP contribution in [0.4, 0.5) is 10.5 Å². The summed E-state index contributed by atoms with van der Waals surface area (Å²) in [4.78, 5) is 33.6. The number of carboxylic acid groups (broad SMARTS) is 2. The molecule has 0 radical (unpaired) electrons. The molecule has 1 aromatic rings. The maximum Gasteiger partial charge on any atom is 0.412 e. The Hall–Kier alpha value is -2.37. The third kappa shape index (κ3) is 3.04. The van der Waals surface area contributed by atoms with Crippen molar-refractivity contribution in [3.05, 3.63) is 29.8 Å². The first-order chi connectivity index (χ1) is 7.93. The molecule has 1 rings (SSSR count). The fourth-order valence-electron chi connectivity index (χ4n) is 1.37. The summed E-state index contributed by atoms with van der Waals surface area (Å²) in [5.74, 6) is -1.61. The molecule has 1 amide bonds. The van der Waals surface area contributed by atoms with Gasteiger partial charge in [0.1, 0.15) is 5.78 Å². The SMILES string of the molecule is CC(=O)CN(C(=O)O)c1ccccc1C(=O)O. The molecule has 0 aliphatic carbocycles. The third-order valence-electron chi connectivity index (χ3n) is 2.04. The van der Waals surface area contributed by atoms with Gasteiger partial charge in [-0.3, -0.25) is 9.69 Å². The van der Waals surface area contributed by atoms with Crippen molar-refractivity contribution in [3.8, 4) is 0 Å². The summed E-state index contributed by atoms with van der Waals surface area (Å²) in [5.41, 5.74) is -0.168. The molecule has 17 heavy (non-hydrogen) atoms. The first-order valence-electron chi connectivity index (χ1n) is 4.75. The van der Waals surface area contributed by atoms with Gasteiger partial charge in [-0.1, -0.05) is 12.1 Å². The zero-order valence-electron chi connectivity index (χ0n) is 9.08. The number of nitrogens with zero attached hydrogens (tertiary/aromatic N) is 1. The highest BCUT2D eigenvalue weighted by Gasteiger charge is 2.21. The second kappa shape index (κ2) is 5.11. The van der Waals surface area contributed by atoms with Gasteiger partial charge in [0.05, 0.1) is 17.8 Å². The Balaban J connectivity index is 3.22. The Kier molecular flexibility index (Phi) is 3.82. The average Bonchev–Trinajstić information content (AvgIpc) is 2.25. The number of carboxylic acids is 1. The van der Waals surface area contributed by atoms with E-state index in [1.54, 1.807) is 0 Å². The monoisotopic (exact) mass is 237 g/mol. The van der Waals surface area contributed by atoms with Gasteiger partial charge >= 0.3 is 12.1 Å². The zero-order valence-corrected chi connectivity index (χ0v) is 9.08. The third-order valence-corrected chi connectivity index (χ3v) is 2.04. The molecule has 0 aliphatic heterocycles. The average molecular weight is 237 g/mol. The van der Waals surface area contributed by atoms with Crippen molar-refractivity contribution in [1.82, 2.24) is 0 Å². The fourth-order valence-corrected chi connectivity index (χ4v) is 1.37. The molecule has 0 aromatic heterocycles. The number of para-hydroxylation sites is 1. The highest BCUT2D eigenvalue weighted by molar-refractivity contribution is 6.01. The fraction of sp³-hybridized carbons (Fsp3) is 0.182. The molecule has 0 fully saturated rings. The van der Waals surface area contributed by atoms with E-state index in [4.69, 9.17) is 10.2 Å². The molecule has 1 aromatic carbocycles. The minimum absolute atomic E-state index is 0.0114. The van der Waals surface area contributed by atoms with E-state index >= 15 is 0 Å². The summed E-state index contributed by atoms with van der Waals surface area (Å²) >= 11 is 0. The Labute approximate surface area is 97.1 Å². The Bertz CT molecular complexity index is 469. The summed E-state index contributed by atoms with van der Waals surface area (Å²) in [6.45, 7) is 0.860. The van der Waals surface area contributed by atoms with E-state index < -0.39 is 12.1 Å². The molecule has 0 bridgehead atoms. The zero-order chi connectivity index (χ0) is 13.0. The molecule has 0 heterocycles. The van der Waals surface area contributed by atoms with Gasteiger partial charge in [-0.05, 0) is 19.1 Å². The number of hydrogen-bond donors (Lipinski definition) is 2. The molecule has 0 unspecified atom stereocenters. The summed E-state index contributed by atoms with van der Waals surface area (Å²) in [6, 6.07) is 5.63. The summed E-state index contributed by atoms with van der Waals surface area (Å²) < 4.78 is 0. The first kappa shape index (κ1) is 12.7. The van der Waals surface area contributed by atoms with E-state index in [9.17, 15) is 14.4 Å². The van der Waals surface area contributed by atoms with E-state index in [0.29, 0.717) is 4.90 Å². The molecule has 0 saturated carbocycles. The minimum Gasteiger partial charge on any atom is -0.478 e. The van der Waals surface area contributed by atoms with Gasteiger partial charge in [-0.15, -0.1) is 0 Å². The lowest BCUT2D eigenvalue weighted by molar-refractivity contribution is -0.115. The van der Waals surface area contributed by atoms with Crippen LogP contribution in [0.15, 0.2) is 24.3 Å². The lowest BCUT2D eigenvalue weighted by Gasteiger charge is -2.19. The Morgan fingerprint density at radius 3 is 2.24 bits per heavy atom. The van der Waals surface area contributed by atoms with E-state index in [-0.39, 0.29) is 23.6 Å². The van der Waals surface area contributed by atoms with E-state index in [0.717, 1.165) is 0 Å². The maximum atomic E-state index is 11.0. The van der Waals surface area contributed by atoms with Crippen molar-refractivity contribution in [3.63, 3.8) is 0 Å². The van der Waals surface area contributed by atoms with Crippen LogP contribution in [0.25, 0.3) is 0 Å². The molecule has 6 heteroatoms. The molecule has 2 N–H and O–H groups in total. The lowest BCUT2D eigenvalue weighted by atomic mass is 10.1. The molecule has 0 saturated heterocycles. The van der Waals surface area contributed by atoms with Gasteiger partial charge < -0.3 is 10.2 Å². The number of carbonyl (C=O) groups is 3. The van der Waals surface area contributed by atoms with Gasteiger partial charge in [0, 0.05) is 0 Å². The molecule has 90 valence electrons. The van der Waals surface area contributed by atoms with Crippen LogP contribution >= 0.6 is 0 Å². The Morgan fingerprint density at radius 1 is 1.18 bits per heavy atom. The molecule has 0 atom stereocenters. The van der Waals surface area contributed by atoms with Crippen molar-refractivity contribution >= 4 is 23.5 Å². The van der Waals surface area contributed by atoms with Gasteiger partial charge in [0.2, 0.25) is 0 Å². The normalized spacial score (nSPS) is 9.71. The van der Waals surface area contributed by atoms with Crippen LogP contribution in [0.5, 0.6) is 0 Å². The van der Waals surface area contributed by atoms with Crippen LogP contribution in [-0.2, 0) is 4.79 Å². The van der Waals surface area contributed by atoms with Crippen LogP contribution < -0.4 is 4.90 Å². The first-order valence-corrected chi connectivity index (χ1v) is 4.75. The van der Waals surface area contributed by atoms with Crippen LogP contribution in [0.3, 0.4) is 0 Å². The van der Waals surface area contributed by atoms with E-state index in [1.165, 1.54) is 31.2 Å². The van der Waals surface area contributed by atoms with Crippen molar-refractivity contribution in [2.45, 2.75) is 6.92 Å². The Morgan fingerprint density at radius 2 is 1.76 bits per heavy atom. The number of rotatable bonds is 4. The smallest absolute Gasteiger partial charge is 0.412 e. The molecular weight excluding hydrogens is 226 g/mol. The number of anilines is 1. The molecule has 0 spiro atoms. The van der Waals surface area contributed by atoms with Gasteiger partial charge in [0.25, 0.3) is 0 Å². The molecule has 6 nitrogen and oxygen atoms in total. The van der Waals surface area contributed by atoms with Gasteiger partial charge in [-0.2, -0.15) is 0 Å². The number of ketones is 1. The predicted octanol–water partition coefficient (Wildman–Crippen LogP) is 1.46. The van der Waals surface area contributed by atoms with E-state index in [2.05, 4.69) is 0 Å². The largest absolute Gasteiger partial charge is 0.478 e.